The van der Waals surface area contributed by atoms with Crippen molar-refractivity contribution in [2.45, 2.75) is 31.7 Å². The molecule has 3 aliphatic rings. The number of rotatable bonds is 4. The Balaban J connectivity index is 1.18. The Morgan fingerprint density at radius 2 is 1.46 bits per heavy atom. The summed E-state index contributed by atoms with van der Waals surface area (Å²) in [7, 11) is 0. The number of allylic oxidation sites excluding steroid dienone is 9. The highest BCUT2D eigenvalue weighted by Gasteiger charge is 2.30. The van der Waals surface area contributed by atoms with Crippen LogP contribution in [-0.4, -0.2) is 9.13 Å². The Labute approximate surface area is 279 Å². The first-order valence-electron chi connectivity index (χ1n) is 16.7. The van der Waals surface area contributed by atoms with Gasteiger partial charge in [0, 0.05) is 50.8 Å². The summed E-state index contributed by atoms with van der Waals surface area (Å²) in [6, 6.07) is 36.8. The fourth-order valence-corrected chi connectivity index (χ4v) is 8.32. The first-order valence-corrected chi connectivity index (χ1v) is 16.7. The van der Waals surface area contributed by atoms with E-state index in [9.17, 15) is 10.5 Å². The lowest BCUT2D eigenvalue weighted by Crippen LogP contribution is -2.18. The zero-order chi connectivity index (χ0) is 32.2. The van der Waals surface area contributed by atoms with Gasteiger partial charge in [0.1, 0.15) is 0 Å². The number of aromatic nitrogens is 2. The lowest BCUT2D eigenvalue weighted by Gasteiger charge is -2.30. The molecule has 4 heteroatoms. The maximum absolute atomic E-state index is 10.7. The van der Waals surface area contributed by atoms with Crippen LogP contribution >= 0.6 is 0 Å². The smallest absolute Gasteiger partial charge is 0.0991 e. The fourth-order valence-electron chi connectivity index (χ4n) is 8.32. The molecule has 0 saturated carbocycles. The minimum Gasteiger partial charge on any atom is -0.333 e. The van der Waals surface area contributed by atoms with Crippen LogP contribution in [0.3, 0.4) is 0 Å². The molecular formula is C44H32N4. The van der Waals surface area contributed by atoms with E-state index in [1.165, 1.54) is 32.9 Å². The Morgan fingerprint density at radius 3 is 2.21 bits per heavy atom. The van der Waals surface area contributed by atoms with Gasteiger partial charge in [-0.2, -0.15) is 10.5 Å². The average Bonchev–Trinajstić information content (AvgIpc) is 3.67. The SMILES string of the molecule is N#CC1=C(C2CC=CC=C2c2cc(C#N)ccc2-n2c3ccccc3c3ccccc32)C=CC(n2c3c(c4ccccc42)CCC=C3)C1. The van der Waals surface area contributed by atoms with Gasteiger partial charge in [0.25, 0.3) is 0 Å². The molecule has 2 unspecified atom stereocenters. The van der Waals surface area contributed by atoms with Gasteiger partial charge >= 0.3 is 0 Å². The molecule has 3 aliphatic carbocycles. The van der Waals surface area contributed by atoms with Crippen molar-refractivity contribution in [1.82, 2.24) is 9.13 Å². The van der Waals surface area contributed by atoms with Crippen LogP contribution in [0.5, 0.6) is 0 Å². The Hall–Kier alpha value is -6.10. The highest BCUT2D eigenvalue weighted by molar-refractivity contribution is 6.09. The molecule has 9 rings (SSSR count). The number of nitrogens with zero attached hydrogens (tertiary/aromatic N) is 4. The van der Waals surface area contributed by atoms with Crippen molar-refractivity contribution in [3.8, 4) is 17.8 Å². The first-order chi connectivity index (χ1) is 23.7. The number of benzene rings is 4. The molecule has 0 N–H and O–H groups in total. The summed E-state index contributed by atoms with van der Waals surface area (Å²) >= 11 is 0. The van der Waals surface area contributed by atoms with Gasteiger partial charge in [-0.1, -0.05) is 91.1 Å². The number of hydrogen-bond acceptors (Lipinski definition) is 2. The molecule has 0 amide bonds. The monoisotopic (exact) mass is 616 g/mol. The Kier molecular flexibility index (Phi) is 6.63. The topological polar surface area (TPSA) is 57.4 Å². The van der Waals surface area contributed by atoms with Gasteiger partial charge < -0.3 is 9.13 Å². The van der Waals surface area contributed by atoms with Gasteiger partial charge in [-0.15, -0.1) is 0 Å². The minimum atomic E-state index is -0.0159. The number of aryl methyl sites for hydroxylation is 1. The molecule has 0 bridgehead atoms. The van der Waals surface area contributed by atoms with Crippen LogP contribution in [0.25, 0.3) is 50.0 Å². The van der Waals surface area contributed by atoms with E-state index in [1.54, 1.807) is 0 Å². The second kappa shape index (κ2) is 11.3. The lowest BCUT2D eigenvalue weighted by molar-refractivity contribution is 0.600. The van der Waals surface area contributed by atoms with E-state index < -0.39 is 0 Å². The maximum atomic E-state index is 10.7. The summed E-state index contributed by atoms with van der Waals surface area (Å²) in [4.78, 5) is 0. The molecule has 4 aromatic carbocycles. The lowest BCUT2D eigenvalue weighted by atomic mass is 9.76. The van der Waals surface area contributed by atoms with Crippen LogP contribution in [0.2, 0.25) is 0 Å². The van der Waals surface area contributed by atoms with Crippen molar-refractivity contribution in [2.24, 2.45) is 5.92 Å². The largest absolute Gasteiger partial charge is 0.333 e. The third kappa shape index (κ3) is 4.27. The molecule has 0 radical (unpaired) electrons. The average molecular weight is 617 g/mol. The van der Waals surface area contributed by atoms with Crippen LogP contribution < -0.4 is 0 Å². The van der Waals surface area contributed by atoms with Crippen molar-refractivity contribution in [3.05, 3.63) is 161 Å². The molecule has 2 heterocycles. The molecule has 4 nitrogen and oxygen atoms in total. The summed E-state index contributed by atoms with van der Waals surface area (Å²) in [6.07, 6.45) is 19.1. The second-order valence-electron chi connectivity index (χ2n) is 12.9. The molecular weight excluding hydrogens is 585 g/mol. The van der Waals surface area contributed by atoms with Crippen molar-refractivity contribution in [3.63, 3.8) is 0 Å². The highest BCUT2D eigenvalue weighted by Crippen LogP contribution is 2.45. The van der Waals surface area contributed by atoms with Crippen molar-refractivity contribution < 1.29 is 0 Å². The van der Waals surface area contributed by atoms with E-state index in [-0.39, 0.29) is 12.0 Å². The molecule has 0 saturated heterocycles. The van der Waals surface area contributed by atoms with Crippen LogP contribution in [0.1, 0.15) is 47.7 Å². The minimum absolute atomic E-state index is 0.0159. The van der Waals surface area contributed by atoms with E-state index >= 15 is 0 Å². The normalized spacial score (nSPS) is 18.7. The van der Waals surface area contributed by atoms with Crippen LogP contribution in [0, 0.1) is 28.6 Å². The zero-order valence-corrected chi connectivity index (χ0v) is 26.5. The molecule has 228 valence electrons. The third-order valence-electron chi connectivity index (χ3n) is 10.4. The van der Waals surface area contributed by atoms with Crippen LogP contribution in [-0.2, 0) is 6.42 Å². The Bertz CT molecular complexity index is 2490. The fraction of sp³-hybridized carbons (Fsp3) is 0.136. The summed E-state index contributed by atoms with van der Waals surface area (Å²) in [6.45, 7) is 0. The van der Waals surface area contributed by atoms with Gasteiger partial charge in [0.2, 0.25) is 0 Å². The van der Waals surface area contributed by atoms with Gasteiger partial charge in [-0.05, 0) is 78.4 Å². The predicted molar refractivity (Wildman–Crippen MR) is 195 cm³/mol. The standard InChI is InChI=1S/C44H32N4/c45-27-29-21-24-44(48-42-19-9-5-15-37(42)38-16-6-10-20-43(38)48)39(25-29)34-12-2-1-11-33(34)32-23-22-31(26-30(32)28-46)47-40-17-7-3-13-35(40)36-14-4-8-18-41(36)47/h1-3,5-10,12-13,15-25,31,33H,4,11,14,26H2. The zero-order valence-electron chi connectivity index (χ0n) is 26.5. The maximum Gasteiger partial charge on any atom is 0.0991 e. The van der Waals surface area contributed by atoms with Crippen LogP contribution in [0.15, 0.2) is 139 Å². The number of para-hydroxylation sites is 3. The van der Waals surface area contributed by atoms with Crippen LogP contribution in [0.4, 0.5) is 0 Å². The van der Waals surface area contributed by atoms with E-state index in [2.05, 4.69) is 143 Å². The summed E-state index contributed by atoms with van der Waals surface area (Å²) < 4.78 is 4.77. The molecule has 6 aromatic rings. The second-order valence-corrected chi connectivity index (χ2v) is 12.9. The number of fused-ring (bicyclic) bond motifs is 6. The third-order valence-corrected chi connectivity index (χ3v) is 10.4. The van der Waals surface area contributed by atoms with Gasteiger partial charge in [-0.25, -0.2) is 0 Å². The highest BCUT2D eigenvalue weighted by atomic mass is 15.0. The quantitative estimate of drug-likeness (QED) is 0.198. The first kappa shape index (κ1) is 28.1. The molecule has 2 aromatic heterocycles. The Morgan fingerprint density at radius 1 is 0.729 bits per heavy atom. The summed E-state index contributed by atoms with van der Waals surface area (Å²) in [5.41, 5.74) is 11.9. The van der Waals surface area contributed by atoms with Gasteiger partial charge in [0.05, 0.1) is 40.5 Å². The van der Waals surface area contributed by atoms with Crippen molar-refractivity contribution in [2.75, 3.05) is 0 Å². The summed E-state index contributed by atoms with van der Waals surface area (Å²) in [5.74, 6) is -0.0159. The molecule has 0 spiro atoms. The molecule has 48 heavy (non-hydrogen) atoms. The van der Waals surface area contributed by atoms with E-state index in [4.69, 9.17) is 0 Å². The van der Waals surface area contributed by atoms with E-state index in [1.807, 2.05) is 12.1 Å². The van der Waals surface area contributed by atoms with Gasteiger partial charge in [-0.3, -0.25) is 0 Å². The molecule has 0 fully saturated rings. The molecule has 0 aliphatic heterocycles. The van der Waals surface area contributed by atoms with Crippen molar-refractivity contribution >= 4 is 44.4 Å². The van der Waals surface area contributed by atoms with Gasteiger partial charge in [0.15, 0.2) is 0 Å². The predicted octanol–water partition coefficient (Wildman–Crippen LogP) is 10.6. The number of nitriles is 2. The molecule has 2 atom stereocenters. The van der Waals surface area contributed by atoms with E-state index in [0.29, 0.717) is 12.0 Å². The van der Waals surface area contributed by atoms with E-state index in [0.717, 1.165) is 58.3 Å². The summed E-state index contributed by atoms with van der Waals surface area (Å²) in [5, 5.41) is 24.4. The van der Waals surface area contributed by atoms with Crippen molar-refractivity contribution in [1.29, 1.82) is 10.5 Å². The number of hydrogen-bond donors (Lipinski definition) is 0.